The van der Waals surface area contributed by atoms with Crippen molar-refractivity contribution in [3.8, 4) is 11.3 Å². The molecule has 2 aromatic carbocycles. The minimum absolute atomic E-state index is 0.308. The van der Waals surface area contributed by atoms with Crippen LogP contribution in [0.25, 0.3) is 11.3 Å². The number of urea groups is 1. The van der Waals surface area contributed by atoms with Crippen LogP contribution in [0.5, 0.6) is 0 Å². The lowest BCUT2D eigenvalue weighted by Crippen LogP contribution is -2.19. The molecule has 0 spiro atoms. The molecule has 0 atom stereocenters. The number of benzene rings is 2. The molecule has 1 aromatic heterocycles. The first-order chi connectivity index (χ1) is 11.7. The van der Waals surface area contributed by atoms with Gasteiger partial charge in [-0.2, -0.15) is 5.10 Å². The molecule has 0 aliphatic heterocycles. The van der Waals surface area contributed by atoms with Crippen LogP contribution < -0.4 is 10.6 Å². The lowest BCUT2D eigenvalue weighted by Gasteiger charge is -2.06. The van der Waals surface area contributed by atoms with E-state index in [0.29, 0.717) is 5.82 Å². The fourth-order valence-electron chi connectivity index (χ4n) is 2.51. The van der Waals surface area contributed by atoms with Gasteiger partial charge in [0.15, 0.2) is 5.82 Å². The molecule has 0 unspecified atom stereocenters. The monoisotopic (exact) mass is 320 g/mol. The molecule has 0 radical (unpaired) electrons. The van der Waals surface area contributed by atoms with Gasteiger partial charge in [-0.25, -0.2) is 4.79 Å². The van der Waals surface area contributed by atoms with Crippen LogP contribution >= 0.6 is 0 Å². The third-order valence-electron chi connectivity index (χ3n) is 3.81. The summed E-state index contributed by atoms with van der Waals surface area (Å²) in [5.74, 6) is 0.513. The van der Waals surface area contributed by atoms with Crippen molar-refractivity contribution in [1.82, 2.24) is 9.78 Å². The Morgan fingerprint density at radius 1 is 1.04 bits per heavy atom. The minimum atomic E-state index is -0.308. The van der Waals surface area contributed by atoms with Crippen LogP contribution in [0.2, 0.25) is 0 Å². The fourth-order valence-corrected chi connectivity index (χ4v) is 2.51. The zero-order valence-electron chi connectivity index (χ0n) is 13.8. The molecule has 122 valence electrons. The van der Waals surface area contributed by atoms with Crippen molar-refractivity contribution in [2.45, 2.75) is 13.3 Å². The number of amides is 2. The van der Waals surface area contributed by atoms with Gasteiger partial charge in [-0.05, 0) is 29.7 Å². The normalized spacial score (nSPS) is 10.4. The van der Waals surface area contributed by atoms with Crippen molar-refractivity contribution in [2.24, 2.45) is 7.05 Å². The lowest BCUT2D eigenvalue weighted by atomic mass is 10.1. The topological polar surface area (TPSA) is 59.0 Å². The standard InChI is InChI=1S/C19H20N4O/c1-3-14-9-11-16(12-10-14)20-19(24)21-18-13-17(23(2)22-18)15-7-5-4-6-8-15/h4-13H,3H2,1-2H3,(H2,20,21,22,24). The van der Waals surface area contributed by atoms with Gasteiger partial charge in [-0.15, -0.1) is 0 Å². The molecular weight excluding hydrogens is 300 g/mol. The molecule has 1 heterocycles. The van der Waals surface area contributed by atoms with Crippen LogP contribution in [0.4, 0.5) is 16.3 Å². The Kier molecular flexibility index (Phi) is 4.61. The quantitative estimate of drug-likeness (QED) is 0.753. The van der Waals surface area contributed by atoms with E-state index in [4.69, 9.17) is 0 Å². The number of anilines is 2. The highest BCUT2D eigenvalue weighted by Gasteiger charge is 2.10. The zero-order chi connectivity index (χ0) is 16.9. The predicted octanol–water partition coefficient (Wildman–Crippen LogP) is 4.29. The number of aryl methyl sites for hydroxylation is 2. The Morgan fingerprint density at radius 3 is 2.42 bits per heavy atom. The molecule has 0 saturated carbocycles. The number of carbonyl (C=O) groups is 1. The maximum Gasteiger partial charge on any atom is 0.324 e. The Labute approximate surface area is 141 Å². The van der Waals surface area contributed by atoms with Crippen molar-refractivity contribution in [1.29, 1.82) is 0 Å². The summed E-state index contributed by atoms with van der Waals surface area (Å²) in [6.45, 7) is 2.10. The summed E-state index contributed by atoms with van der Waals surface area (Å²) in [6.07, 6.45) is 0.975. The third-order valence-corrected chi connectivity index (χ3v) is 3.81. The number of nitrogens with zero attached hydrogens (tertiary/aromatic N) is 2. The highest BCUT2D eigenvalue weighted by Crippen LogP contribution is 2.21. The van der Waals surface area contributed by atoms with Gasteiger partial charge in [0.05, 0.1) is 5.69 Å². The predicted molar refractivity (Wildman–Crippen MR) is 97.1 cm³/mol. The Bertz CT molecular complexity index is 822. The molecule has 3 rings (SSSR count). The number of nitrogens with one attached hydrogen (secondary N) is 2. The number of carbonyl (C=O) groups excluding carboxylic acids is 1. The van der Waals surface area contributed by atoms with Crippen molar-refractivity contribution in [3.63, 3.8) is 0 Å². The zero-order valence-corrected chi connectivity index (χ0v) is 13.8. The van der Waals surface area contributed by atoms with Crippen LogP contribution in [-0.2, 0) is 13.5 Å². The summed E-state index contributed by atoms with van der Waals surface area (Å²) < 4.78 is 1.75. The molecule has 0 aliphatic carbocycles. The van der Waals surface area contributed by atoms with Crippen LogP contribution in [0.3, 0.4) is 0 Å². The van der Waals surface area contributed by atoms with Crippen LogP contribution in [0.1, 0.15) is 12.5 Å². The van der Waals surface area contributed by atoms with Gasteiger partial charge in [0.25, 0.3) is 0 Å². The number of rotatable bonds is 4. The first-order valence-corrected chi connectivity index (χ1v) is 7.92. The van der Waals surface area contributed by atoms with Crippen LogP contribution in [0, 0.1) is 0 Å². The molecule has 0 aliphatic rings. The highest BCUT2D eigenvalue weighted by atomic mass is 16.2. The molecule has 24 heavy (non-hydrogen) atoms. The van der Waals surface area contributed by atoms with E-state index < -0.39 is 0 Å². The van der Waals surface area contributed by atoms with E-state index >= 15 is 0 Å². The molecule has 5 heteroatoms. The smallest absolute Gasteiger partial charge is 0.308 e. The SMILES string of the molecule is CCc1ccc(NC(=O)Nc2cc(-c3ccccc3)n(C)n2)cc1. The van der Waals surface area contributed by atoms with Crippen LogP contribution in [0.15, 0.2) is 60.7 Å². The summed E-state index contributed by atoms with van der Waals surface area (Å²) in [6, 6.07) is 19.3. The summed E-state index contributed by atoms with van der Waals surface area (Å²) >= 11 is 0. The lowest BCUT2D eigenvalue weighted by molar-refractivity contribution is 0.262. The molecule has 0 fully saturated rings. The molecule has 2 amide bonds. The second kappa shape index (κ2) is 7.00. The highest BCUT2D eigenvalue weighted by molar-refractivity contribution is 5.99. The minimum Gasteiger partial charge on any atom is -0.308 e. The van der Waals surface area contributed by atoms with Gasteiger partial charge in [-0.1, -0.05) is 49.4 Å². The van der Waals surface area contributed by atoms with E-state index in [1.807, 2.05) is 67.7 Å². The van der Waals surface area contributed by atoms with Gasteiger partial charge < -0.3 is 5.32 Å². The molecule has 2 N–H and O–H groups in total. The summed E-state index contributed by atoms with van der Waals surface area (Å²) in [5, 5.41) is 9.92. The van der Waals surface area contributed by atoms with E-state index in [2.05, 4.69) is 22.7 Å². The van der Waals surface area contributed by atoms with Crippen LogP contribution in [-0.4, -0.2) is 15.8 Å². The molecule has 5 nitrogen and oxygen atoms in total. The Hall–Kier alpha value is -3.08. The van der Waals surface area contributed by atoms with Gasteiger partial charge in [0.1, 0.15) is 0 Å². The van der Waals surface area contributed by atoms with E-state index in [9.17, 15) is 4.79 Å². The largest absolute Gasteiger partial charge is 0.324 e. The Morgan fingerprint density at radius 2 is 1.75 bits per heavy atom. The molecule has 0 bridgehead atoms. The fraction of sp³-hybridized carbons (Fsp3) is 0.158. The molecule has 3 aromatic rings. The number of hydrogen-bond donors (Lipinski definition) is 2. The maximum absolute atomic E-state index is 12.1. The molecule has 0 saturated heterocycles. The third kappa shape index (κ3) is 3.63. The van der Waals surface area contributed by atoms with E-state index in [1.54, 1.807) is 4.68 Å². The second-order valence-corrected chi connectivity index (χ2v) is 5.53. The van der Waals surface area contributed by atoms with E-state index in [1.165, 1.54) is 5.56 Å². The second-order valence-electron chi connectivity index (χ2n) is 5.53. The molecular formula is C19H20N4O. The summed E-state index contributed by atoms with van der Waals surface area (Å²) in [4.78, 5) is 12.1. The van der Waals surface area contributed by atoms with Crippen molar-refractivity contribution in [3.05, 3.63) is 66.2 Å². The number of aromatic nitrogens is 2. The van der Waals surface area contributed by atoms with E-state index in [-0.39, 0.29) is 6.03 Å². The average molecular weight is 320 g/mol. The van der Waals surface area contributed by atoms with E-state index in [0.717, 1.165) is 23.4 Å². The van der Waals surface area contributed by atoms with Gasteiger partial charge in [-0.3, -0.25) is 10.00 Å². The van der Waals surface area contributed by atoms with Crippen molar-refractivity contribution >= 4 is 17.5 Å². The summed E-state index contributed by atoms with van der Waals surface area (Å²) in [7, 11) is 1.86. The van der Waals surface area contributed by atoms with Crippen molar-refractivity contribution in [2.75, 3.05) is 10.6 Å². The van der Waals surface area contributed by atoms with Gasteiger partial charge in [0.2, 0.25) is 0 Å². The van der Waals surface area contributed by atoms with Gasteiger partial charge >= 0.3 is 6.03 Å². The maximum atomic E-state index is 12.1. The average Bonchev–Trinajstić information content (AvgIpc) is 2.96. The first kappa shape index (κ1) is 15.8. The summed E-state index contributed by atoms with van der Waals surface area (Å²) in [5.41, 5.74) is 3.98. The first-order valence-electron chi connectivity index (χ1n) is 7.92. The van der Waals surface area contributed by atoms with Gasteiger partial charge in [0, 0.05) is 18.8 Å². The number of hydrogen-bond acceptors (Lipinski definition) is 2. The Balaban J connectivity index is 1.68. The van der Waals surface area contributed by atoms with Crippen molar-refractivity contribution < 1.29 is 4.79 Å².